The van der Waals surface area contributed by atoms with Crippen molar-refractivity contribution in [3.8, 4) is 0 Å². The van der Waals surface area contributed by atoms with Crippen molar-refractivity contribution in [2.24, 2.45) is 0 Å². The summed E-state index contributed by atoms with van der Waals surface area (Å²) < 4.78 is 6.32. The fraction of sp³-hybridized carbons (Fsp3) is 0.647. The highest BCUT2D eigenvalue weighted by molar-refractivity contribution is 9.10. The molecule has 4 heteroatoms. The second-order valence-electron chi connectivity index (χ2n) is 5.27. The third-order valence-corrected chi connectivity index (χ3v) is 4.23. The van der Waals surface area contributed by atoms with E-state index in [9.17, 15) is 0 Å². The second-order valence-corrected chi connectivity index (χ2v) is 6.19. The molecular formula is C17H29BrN2O. The summed E-state index contributed by atoms with van der Waals surface area (Å²) in [6, 6.07) is 9.09. The fourth-order valence-corrected chi connectivity index (χ4v) is 2.62. The zero-order valence-electron chi connectivity index (χ0n) is 13.6. The van der Waals surface area contributed by atoms with Crippen molar-refractivity contribution in [1.29, 1.82) is 0 Å². The van der Waals surface area contributed by atoms with Crippen LogP contribution in [0.4, 0.5) is 0 Å². The lowest BCUT2D eigenvalue weighted by molar-refractivity contribution is 0.148. The van der Waals surface area contributed by atoms with E-state index in [1.165, 1.54) is 5.56 Å². The van der Waals surface area contributed by atoms with Crippen LogP contribution >= 0.6 is 15.9 Å². The molecule has 0 aromatic heterocycles. The molecule has 120 valence electrons. The van der Waals surface area contributed by atoms with Gasteiger partial charge in [0.2, 0.25) is 0 Å². The number of rotatable bonds is 11. The van der Waals surface area contributed by atoms with Gasteiger partial charge in [0.05, 0.1) is 6.61 Å². The predicted molar refractivity (Wildman–Crippen MR) is 93.8 cm³/mol. The van der Waals surface area contributed by atoms with Crippen LogP contribution in [-0.2, 0) is 4.74 Å². The molecule has 0 saturated carbocycles. The lowest BCUT2D eigenvalue weighted by atomic mass is 10.0. The third kappa shape index (κ3) is 7.41. The molecule has 1 aromatic rings. The molecule has 1 N–H and O–H groups in total. The number of benzene rings is 1. The van der Waals surface area contributed by atoms with Crippen molar-refractivity contribution in [3.05, 3.63) is 34.3 Å². The van der Waals surface area contributed by atoms with Crippen LogP contribution in [0, 0.1) is 0 Å². The molecule has 0 fully saturated rings. The minimum Gasteiger partial charge on any atom is -0.383 e. The smallest absolute Gasteiger partial charge is 0.0589 e. The normalized spacial score (nSPS) is 12.8. The topological polar surface area (TPSA) is 24.5 Å². The molecule has 0 saturated heterocycles. The molecular weight excluding hydrogens is 328 g/mol. The van der Waals surface area contributed by atoms with Gasteiger partial charge in [-0.3, -0.25) is 0 Å². The standard InChI is InChI=1S/C17H29BrN2O/c1-4-11-19-17(15-6-8-16(18)9-7-15)10-12-20(5-2)13-14-21-3/h6-9,17,19H,4-5,10-14H2,1-3H3. The van der Waals surface area contributed by atoms with Crippen LogP contribution in [0.5, 0.6) is 0 Å². The van der Waals surface area contributed by atoms with Crippen LogP contribution in [0.15, 0.2) is 28.7 Å². The number of hydrogen-bond acceptors (Lipinski definition) is 3. The molecule has 1 atom stereocenters. The number of ether oxygens (including phenoxy) is 1. The summed E-state index contributed by atoms with van der Waals surface area (Å²) in [6.45, 7) is 9.46. The van der Waals surface area contributed by atoms with Gasteiger partial charge in [0.1, 0.15) is 0 Å². The van der Waals surface area contributed by atoms with E-state index in [1.807, 2.05) is 0 Å². The van der Waals surface area contributed by atoms with E-state index in [1.54, 1.807) is 7.11 Å². The van der Waals surface area contributed by atoms with Crippen LogP contribution < -0.4 is 5.32 Å². The van der Waals surface area contributed by atoms with Crippen molar-refractivity contribution in [2.75, 3.05) is 39.9 Å². The molecule has 0 aliphatic heterocycles. The van der Waals surface area contributed by atoms with E-state index in [4.69, 9.17) is 4.74 Å². The molecule has 1 unspecified atom stereocenters. The van der Waals surface area contributed by atoms with Gasteiger partial charge in [-0.2, -0.15) is 0 Å². The molecule has 0 spiro atoms. The Labute approximate surface area is 138 Å². The molecule has 0 aliphatic carbocycles. The van der Waals surface area contributed by atoms with E-state index in [2.05, 4.69) is 64.3 Å². The zero-order chi connectivity index (χ0) is 15.5. The summed E-state index contributed by atoms with van der Waals surface area (Å²) >= 11 is 3.51. The Balaban J connectivity index is 2.58. The monoisotopic (exact) mass is 356 g/mol. The Hall–Kier alpha value is -0.420. The van der Waals surface area contributed by atoms with Gasteiger partial charge >= 0.3 is 0 Å². The number of likely N-dealkylation sites (N-methyl/N-ethyl adjacent to an activating group) is 1. The maximum atomic E-state index is 5.18. The van der Waals surface area contributed by atoms with Crippen LogP contribution in [0.3, 0.4) is 0 Å². The molecule has 0 radical (unpaired) electrons. The molecule has 0 heterocycles. The van der Waals surface area contributed by atoms with Crippen LogP contribution in [0.1, 0.15) is 38.3 Å². The number of methoxy groups -OCH3 is 1. The van der Waals surface area contributed by atoms with Gasteiger partial charge in [-0.05, 0) is 43.6 Å². The first-order valence-corrected chi connectivity index (χ1v) is 8.70. The van der Waals surface area contributed by atoms with Gasteiger partial charge < -0.3 is 15.0 Å². The van der Waals surface area contributed by atoms with Gasteiger partial charge in [-0.25, -0.2) is 0 Å². The van der Waals surface area contributed by atoms with Crippen molar-refractivity contribution in [1.82, 2.24) is 10.2 Å². The van der Waals surface area contributed by atoms with E-state index >= 15 is 0 Å². The van der Waals surface area contributed by atoms with Crippen molar-refractivity contribution in [2.45, 2.75) is 32.7 Å². The van der Waals surface area contributed by atoms with Crippen molar-refractivity contribution >= 4 is 15.9 Å². The molecule has 0 aliphatic rings. The first-order valence-electron chi connectivity index (χ1n) is 7.91. The largest absolute Gasteiger partial charge is 0.383 e. The van der Waals surface area contributed by atoms with Crippen LogP contribution in [0.2, 0.25) is 0 Å². The summed E-state index contributed by atoms with van der Waals surface area (Å²) in [5.41, 5.74) is 1.37. The van der Waals surface area contributed by atoms with Gasteiger partial charge in [-0.1, -0.05) is 41.9 Å². The first-order chi connectivity index (χ1) is 10.2. The van der Waals surface area contributed by atoms with Crippen LogP contribution in [0.25, 0.3) is 0 Å². The minimum atomic E-state index is 0.426. The van der Waals surface area contributed by atoms with Gasteiger partial charge in [-0.15, -0.1) is 0 Å². The zero-order valence-corrected chi connectivity index (χ0v) is 15.2. The average Bonchev–Trinajstić information content (AvgIpc) is 2.51. The Morgan fingerprint density at radius 1 is 1.19 bits per heavy atom. The number of nitrogens with zero attached hydrogens (tertiary/aromatic N) is 1. The van der Waals surface area contributed by atoms with Crippen molar-refractivity contribution in [3.63, 3.8) is 0 Å². The fourth-order valence-electron chi connectivity index (χ4n) is 2.36. The highest BCUT2D eigenvalue weighted by Crippen LogP contribution is 2.20. The number of halogens is 1. The lowest BCUT2D eigenvalue weighted by Crippen LogP contribution is -2.32. The lowest BCUT2D eigenvalue weighted by Gasteiger charge is -2.25. The average molecular weight is 357 g/mol. The Bertz CT molecular complexity index is 370. The number of nitrogens with one attached hydrogen (secondary N) is 1. The molecule has 1 aromatic carbocycles. The maximum absolute atomic E-state index is 5.18. The Morgan fingerprint density at radius 2 is 1.90 bits per heavy atom. The van der Waals surface area contributed by atoms with Crippen LogP contribution in [-0.4, -0.2) is 44.8 Å². The summed E-state index contributed by atoms with van der Waals surface area (Å²) in [6.07, 6.45) is 2.29. The Morgan fingerprint density at radius 3 is 2.48 bits per heavy atom. The molecule has 1 rings (SSSR count). The quantitative estimate of drug-likeness (QED) is 0.651. The van der Waals surface area contributed by atoms with E-state index in [0.717, 1.165) is 50.1 Å². The molecule has 21 heavy (non-hydrogen) atoms. The highest BCUT2D eigenvalue weighted by Gasteiger charge is 2.12. The maximum Gasteiger partial charge on any atom is 0.0589 e. The molecule has 0 bridgehead atoms. The van der Waals surface area contributed by atoms with Gasteiger partial charge in [0.15, 0.2) is 0 Å². The summed E-state index contributed by atoms with van der Waals surface area (Å²) in [5.74, 6) is 0. The Kier molecular flexibility index (Phi) is 9.92. The van der Waals surface area contributed by atoms with Crippen molar-refractivity contribution < 1.29 is 4.74 Å². The highest BCUT2D eigenvalue weighted by atomic mass is 79.9. The number of hydrogen-bond donors (Lipinski definition) is 1. The minimum absolute atomic E-state index is 0.426. The van der Waals surface area contributed by atoms with Gasteiger partial charge in [0.25, 0.3) is 0 Å². The second kappa shape index (κ2) is 11.2. The molecule has 3 nitrogen and oxygen atoms in total. The summed E-state index contributed by atoms with van der Waals surface area (Å²) in [5, 5.41) is 3.67. The van der Waals surface area contributed by atoms with E-state index in [0.29, 0.717) is 6.04 Å². The van der Waals surface area contributed by atoms with E-state index < -0.39 is 0 Å². The molecule has 0 amide bonds. The van der Waals surface area contributed by atoms with Gasteiger partial charge in [0, 0.05) is 30.7 Å². The SMILES string of the molecule is CCCNC(CCN(CC)CCOC)c1ccc(Br)cc1. The first kappa shape index (κ1) is 18.6. The third-order valence-electron chi connectivity index (χ3n) is 3.71. The van der Waals surface area contributed by atoms with E-state index in [-0.39, 0.29) is 0 Å². The summed E-state index contributed by atoms with van der Waals surface area (Å²) in [4.78, 5) is 2.45. The predicted octanol–water partition coefficient (Wildman–Crippen LogP) is 3.85. The summed E-state index contributed by atoms with van der Waals surface area (Å²) in [7, 11) is 1.77.